The van der Waals surface area contributed by atoms with E-state index in [4.69, 9.17) is 23.9 Å². The molecule has 0 aliphatic heterocycles. The molecule has 2 aromatic heterocycles. The lowest BCUT2D eigenvalue weighted by atomic mass is 10.1. The molecule has 10 heteroatoms. The lowest BCUT2D eigenvalue weighted by Crippen LogP contribution is -2.26. The minimum atomic E-state index is -1.25. The maximum absolute atomic E-state index is 12.9. The molecule has 2 heterocycles. The maximum Gasteiger partial charge on any atom is 0.419 e. The molecule has 0 atom stereocenters. The highest BCUT2D eigenvalue weighted by Crippen LogP contribution is 2.34. The molecule has 40 heavy (non-hydrogen) atoms. The highest BCUT2D eigenvalue weighted by Gasteiger charge is 2.23. The van der Waals surface area contributed by atoms with E-state index in [0.29, 0.717) is 29.4 Å². The monoisotopic (exact) mass is 562 g/mol. The number of aryl methyl sites for hydroxylation is 1. The lowest BCUT2D eigenvalue weighted by Gasteiger charge is -2.20. The van der Waals surface area contributed by atoms with Gasteiger partial charge in [-0.3, -0.25) is 9.13 Å². The number of ether oxygens (including phenoxy) is 4. The van der Waals surface area contributed by atoms with Crippen LogP contribution < -0.4 is 9.47 Å². The molecule has 0 saturated heterocycles. The van der Waals surface area contributed by atoms with E-state index in [9.17, 15) is 10.1 Å². The second kappa shape index (κ2) is 11.4. The number of rotatable bonds is 9. The first kappa shape index (κ1) is 29.2. The summed E-state index contributed by atoms with van der Waals surface area (Å²) in [5, 5.41) is 10.3. The number of methoxy groups -OCH3 is 1. The molecule has 0 unspecified atom stereocenters. The summed E-state index contributed by atoms with van der Waals surface area (Å²) in [6.45, 7) is 15.4. The first-order chi connectivity index (χ1) is 18.8. The highest BCUT2D eigenvalue weighted by atomic mass is 28.3. The minimum absolute atomic E-state index is 0.140. The van der Waals surface area contributed by atoms with Crippen molar-refractivity contribution < 1.29 is 23.7 Å². The Kier molecular flexibility index (Phi) is 8.28. The summed E-state index contributed by atoms with van der Waals surface area (Å²) in [4.78, 5) is 17.6. The molecule has 9 nitrogen and oxygen atoms in total. The van der Waals surface area contributed by atoms with Crippen molar-refractivity contribution >= 4 is 36.1 Å². The van der Waals surface area contributed by atoms with Crippen LogP contribution in [0.1, 0.15) is 37.5 Å². The third-order valence-electron chi connectivity index (χ3n) is 6.44. The van der Waals surface area contributed by atoms with Crippen LogP contribution in [0.25, 0.3) is 21.9 Å². The van der Waals surface area contributed by atoms with Crippen molar-refractivity contribution in [2.75, 3.05) is 13.7 Å². The van der Waals surface area contributed by atoms with E-state index < -0.39 is 19.8 Å². The zero-order chi connectivity index (χ0) is 29.2. The van der Waals surface area contributed by atoms with Gasteiger partial charge in [-0.05, 0) is 69.6 Å². The maximum atomic E-state index is 12.9. The second-order valence-electron chi connectivity index (χ2n) is 12.1. The Morgan fingerprint density at radius 2 is 1.90 bits per heavy atom. The average Bonchev–Trinajstić information content (AvgIpc) is 3.46. The van der Waals surface area contributed by atoms with Crippen molar-refractivity contribution in [3.05, 3.63) is 53.2 Å². The summed E-state index contributed by atoms with van der Waals surface area (Å²) in [6, 6.07) is 12.7. The van der Waals surface area contributed by atoms with Crippen LogP contribution in [0, 0.1) is 18.3 Å². The van der Waals surface area contributed by atoms with E-state index in [-0.39, 0.29) is 13.3 Å². The number of fused-ring (bicyclic) bond motifs is 2. The van der Waals surface area contributed by atoms with Crippen LogP contribution in [0.3, 0.4) is 0 Å². The van der Waals surface area contributed by atoms with Gasteiger partial charge in [0.25, 0.3) is 6.01 Å². The van der Waals surface area contributed by atoms with Gasteiger partial charge in [0, 0.05) is 31.8 Å². The topological polar surface area (TPSA) is 101 Å². The van der Waals surface area contributed by atoms with Crippen LogP contribution in [0.15, 0.2) is 36.5 Å². The summed E-state index contributed by atoms with van der Waals surface area (Å²) in [5.74, 6) is 0.646. The molecule has 0 radical (unpaired) electrons. The van der Waals surface area contributed by atoms with Gasteiger partial charge in [-0.25, -0.2) is 4.79 Å². The predicted octanol–water partition coefficient (Wildman–Crippen LogP) is 6.85. The van der Waals surface area contributed by atoms with Crippen LogP contribution in [-0.2, 0) is 22.8 Å². The largest absolute Gasteiger partial charge is 0.496 e. The molecule has 0 N–H and O–H groups in total. The number of hydrogen-bond donors (Lipinski definition) is 0. The first-order valence-electron chi connectivity index (χ1n) is 13.3. The summed E-state index contributed by atoms with van der Waals surface area (Å²) < 4.78 is 27.1. The number of imidazole rings is 1. The summed E-state index contributed by atoms with van der Waals surface area (Å²) >= 11 is 0. The van der Waals surface area contributed by atoms with E-state index in [1.54, 1.807) is 25.4 Å². The van der Waals surface area contributed by atoms with Crippen LogP contribution in [0.5, 0.6) is 11.8 Å². The molecular formula is C30H38N4O5Si. The molecule has 4 rings (SSSR count). The predicted molar refractivity (Wildman–Crippen MR) is 158 cm³/mol. The Hall–Kier alpha value is -3.81. The van der Waals surface area contributed by atoms with Gasteiger partial charge in [-0.15, -0.1) is 0 Å². The van der Waals surface area contributed by atoms with Gasteiger partial charge in [0.05, 0.1) is 35.3 Å². The van der Waals surface area contributed by atoms with Gasteiger partial charge >= 0.3 is 6.09 Å². The fourth-order valence-electron chi connectivity index (χ4n) is 4.43. The van der Waals surface area contributed by atoms with E-state index >= 15 is 0 Å². The molecule has 0 aliphatic rings. The van der Waals surface area contributed by atoms with Gasteiger partial charge in [0.2, 0.25) is 0 Å². The number of aromatic nitrogens is 3. The Bertz CT molecular complexity index is 1580. The highest BCUT2D eigenvalue weighted by molar-refractivity contribution is 6.76. The van der Waals surface area contributed by atoms with Crippen molar-refractivity contribution in [2.24, 2.45) is 0 Å². The van der Waals surface area contributed by atoms with Crippen LogP contribution in [0.2, 0.25) is 25.7 Å². The number of hydrogen-bond acceptors (Lipinski definition) is 7. The van der Waals surface area contributed by atoms with E-state index in [0.717, 1.165) is 33.6 Å². The number of nitriles is 1. The smallest absolute Gasteiger partial charge is 0.419 e. The Balaban J connectivity index is 1.69. The molecule has 0 fully saturated rings. The van der Waals surface area contributed by atoms with Gasteiger partial charge in [-0.2, -0.15) is 10.2 Å². The fourth-order valence-corrected chi connectivity index (χ4v) is 5.19. The molecule has 0 saturated carbocycles. The Morgan fingerprint density at radius 1 is 1.15 bits per heavy atom. The Labute approximate surface area is 236 Å². The zero-order valence-electron chi connectivity index (χ0n) is 24.6. The van der Waals surface area contributed by atoms with E-state index in [1.165, 1.54) is 4.57 Å². The normalized spacial score (nSPS) is 12.1. The molecular weight excluding hydrogens is 524 g/mol. The van der Waals surface area contributed by atoms with Crippen LogP contribution >= 0.6 is 0 Å². The first-order valence-corrected chi connectivity index (χ1v) is 17.0. The van der Waals surface area contributed by atoms with Crippen molar-refractivity contribution in [1.82, 2.24) is 14.1 Å². The molecule has 2 aromatic carbocycles. The average molecular weight is 563 g/mol. The number of carbonyl (C=O) groups excluding carboxylic acids is 1. The van der Waals surface area contributed by atoms with E-state index in [2.05, 4.69) is 25.7 Å². The number of benzene rings is 2. The molecule has 4 aromatic rings. The Morgan fingerprint density at radius 3 is 2.55 bits per heavy atom. The standard InChI is InChI=1S/C30H38N4O5Si/c1-20-15-26(36-5)23(22-11-12-33(27(20)22)29(35)39-30(2,3)4)18-38-28-32-24-10-9-21(17-31)16-25(24)34(28)19-37-13-14-40(6,7)8/h9-12,15-16H,13-14,18-19H2,1-8H3. The number of carbonyl (C=O) groups is 1. The number of nitrogens with zero attached hydrogens (tertiary/aromatic N) is 4. The van der Waals surface area contributed by atoms with Crippen molar-refractivity contribution in [2.45, 2.75) is 72.3 Å². The molecule has 0 amide bonds. The molecule has 0 aliphatic carbocycles. The van der Waals surface area contributed by atoms with Crippen molar-refractivity contribution in [3.63, 3.8) is 0 Å². The molecule has 212 valence electrons. The third-order valence-corrected chi connectivity index (χ3v) is 8.15. The van der Waals surface area contributed by atoms with Crippen molar-refractivity contribution in [3.8, 4) is 17.8 Å². The zero-order valence-corrected chi connectivity index (χ0v) is 25.6. The molecule has 0 bridgehead atoms. The quantitative estimate of drug-likeness (QED) is 0.162. The van der Waals surface area contributed by atoms with Gasteiger partial charge in [0.1, 0.15) is 24.7 Å². The van der Waals surface area contributed by atoms with Crippen molar-refractivity contribution in [1.29, 1.82) is 5.26 Å². The molecule has 0 spiro atoms. The van der Waals surface area contributed by atoms with Gasteiger partial charge in [0.15, 0.2) is 0 Å². The van der Waals surface area contributed by atoms with Gasteiger partial charge in [-0.1, -0.05) is 19.6 Å². The minimum Gasteiger partial charge on any atom is -0.496 e. The summed E-state index contributed by atoms with van der Waals surface area (Å²) in [7, 11) is 0.357. The fraction of sp³-hybridized carbons (Fsp3) is 0.433. The lowest BCUT2D eigenvalue weighted by molar-refractivity contribution is 0.0544. The third kappa shape index (κ3) is 6.49. The summed E-state index contributed by atoms with van der Waals surface area (Å²) in [6.07, 6.45) is 1.26. The van der Waals surface area contributed by atoms with E-state index in [1.807, 2.05) is 50.5 Å². The second-order valence-corrected chi connectivity index (χ2v) is 17.7. The van der Waals surface area contributed by atoms with Crippen LogP contribution in [-0.4, -0.2) is 47.6 Å². The van der Waals surface area contributed by atoms with Gasteiger partial charge < -0.3 is 18.9 Å². The van der Waals surface area contributed by atoms with Crippen LogP contribution in [0.4, 0.5) is 4.79 Å². The SMILES string of the molecule is COc1cc(C)c2c(ccn2C(=O)OC(C)(C)C)c1COc1nc2ccc(C#N)cc2n1COCC[Si](C)(C)C. The summed E-state index contributed by atoms with van der Waals surface area (Å²) in [5.41, 5.74) is 3.77.